The molecular weight excluding hydrogens is 380 g/mol. The van der Waals surface area contributed by atoms with Crippen LogP contribution in [0.15, 0.2) is 70.0 Å². The Balaban J connectivity index is 1.32. The summed E-state index contributed by atoms with van der Waals surface area (Å²) in [6.07, 6.45) is 7.94. The van der Waals surface area contributed by atoms with Crippen molar-refractivity contribution in [2.24, 2.45) is 0 Å². The second-order valence-electron chi connectivity index (χ2n) is 7.64. The van der Waals surface area contributed by atoms with Crippen LogP contribution in [-0.4, -0.2) is 16.6 Å². The van der Waals surface area contributed by atoms with E-state index < -0.39 is 0 Å². The first-order valence-corrected chi connectivity index (χ1v) is 10.5. The summed E-state index contributed by atoms with van der Waals surface area (Å²) in [5.41, 5.74) is 0.856. The van der Waals surface area contributed by atoms with Crippen LogP contribution in [-0.2, 0) is 13.1 Å². The van der Waals surface area contributed by atoms with Crippen molar-refractivity contribution in [3.05, 3.63) is 88.2 Å². The van der Waals surface area contributed by atoms with Gasteiger partial charge in [-0.05, 0) is 61.6 Å². The minimum atomic E-state index is -0.291. The number of nitrogens with zero attached hydrogens (tertiary/aromatic N) is 1. The third-order valence-electron chi connectivity index (χ3n) is 5.32. The van der Waals surface area contributed by atoms with Gasteiger partial charge < -0.3 is 19.0 Å². The molecule has 6 heteroatoms. The summed E-state index contributed by atoms with van der Waals surface area (Å²) in [5.74, 6) is 1.34. The number of hydrogen-bond donors (Lipinski definition) is 1. The number of furan rings is 1. The Kier molecular flexibility index (Phi) is 6.32. The summed E-state index contributed by atoms with van der Waals surface area (Å²) < 4.78 is 13.2. The maximum Gasteiger partial charge on any atom is 0.287 e. The van der Waals surface area contributed by atoms with E-state index in [2.05, 4.69) is 5.32 Å². The number of rotatable bonds is 7. The summed E-state index contributed by atoms with van der Waals surface area (Å²) in [6.45, 7) is 0.669. The molecule has 30 heavy (non-hydrogen) atoms. The number of pyridine rings is 1. The van der Waals surface area contributed by atoms with Crippen LogP contribution in [0, 0.1) is 0 Å². The third kappa shape index (κ3) is 5.20. The molecule has 1 aromatic carbocycles. The lowest BCUT2D eigenvalue weighted by Crippen LogP contribution is -2.22. The second-order valence-corrected chi connectivity index (χ2v) is 7.64. The molecule has 1 saturated carbocycles. The minimum absolute atomic E-state index is 0.116. The molecule has 1 fully saturated rings. The van der Waals surface area contributed by atoms with Crippen LogP contribution in [0.3, 0.4) is 0 Å². The van der Waals surface area contributed by atoms with Gasteiger partial charge in [0, 0.05) is 18.8 Å². The zero-order valence-electron chi connectivity index (χ0n) is 16.9. The van der Waals surface area contributed by atoms with Crippen molar-refractivity contribution in [1.82, 2.24) is 9.88 Å². The van der Waals surface area contributed by atoms with Crippen LogP contribution < -0.4 is 15.6 Å². The normalized spacial score (nSPS) is 14.4. The molecule has 0 saturated heterocycles. The Morgan fingerprint density at radius 1 is 1.07 bits per heavy atom. The fourth-order valence-electron chi connectivity index (χ4n) is 3.72. The highest BCUT2D eigenvalue weighted by Gasteiger charge is 2.15. The van der Waals surface area contributed by atoms with Crippen LogP contribution in [0.4, 0.5) is 0 Å². The molecule has 0 radical (unpaired) electrons. The molecule has 2 aromatic heterocycles. The van der Waals surface area contributed by atoms with Crippen LogP contribution in [0.5, 0.6) is 5.75 Å². The van der Waals surface area contributed by atoms with E-state index in [1.807, 2.05) is 24.3 Å². The lowest BCUT2D eigenvalue weighted by molar-refractivity contribution is 0.0921. The van der Waals surface area contributed by atoms with E-state index >= 15 is 0 Å². The quantitative estimate of drug-likeness (QED) is 0.640. The summed E-state index contributed by atoms with van der Waals surface area (Å²) in [4.78, 5) is 24.3. The van der Waals surface area contributed by atoms with Gasteiger partial charge in [-0.15, -0.1) is 0 Å². The van der Waals surface area contributed by atoms with Gasteiger partial charge >= 0.3 is 0 Å². The van der Waals surface area contributed by atoms with Gasteiger partial charge in [0.2, 0.25) is 0 Å². The van der Waals surface area contributed by atoms with E-state index in [1.165, 1.54) is 29.9 Å². The zero-order chi connectivity index (χ0) is 20.8. The van der Waals surface area contributed by atoms with Gasteiger partial charge in [0.05, 0.1) is 12.6 Å². The van der Waals surface area contributed by atoms with Crippen LogP contribution in [0.25, 0.3) is 0 Å². The Morgan fingerprint density at radius 2 is 1.93 bits per heavy atom. The summed E-state index contributed by atoms with van der Waals surface area (Å²) in [6, 6.07) is 16.1. The van der Waals surface area contributed by atoms with Gasteiger partial charge in [-0.2, -0.15) is 0 Å². The van der Waals surface area contributed by atoms with Crippen LogP contribution >= 0.6 is 0 Å². The monoisotopic (exact) mass is 406 g/mol. The zero-order valence-corrected chi connectivity index (χ0v) is 16.9. The van der Waals surface area contributed by atoms with Crippen molar-refractivity contribution in [2.75, 3.05) is 0 Å². The average Bonchev–Trinajstić information content (AvgIpc) is 3.23. The number of ether oxygens (including phenoxy) is 1. The number of aromatic nitrogens is 1. The molecule has 0 bridgehead atoms. The topological polar surface area (TPSA) is 73.5 Å². The molecule has 0 spiro atoms. The van der Waals surface area contributed by atoms with E-state index in [0.29, 0.717) is 18.4 Å². The molecule has 3 aromatic rings. The number of nitrogens with one attached hydrogen (secondary N) is 1. The number of carbonyl (C=O) groups is 1. The highest BCUT2D eigenvalue weighted by Crippen LogP contribution is 2.24. The van der Waals surface area contributed by atoms with Gasteiger partial charge in [-0.25, -0.2) is 0 Å². The van der Waals surface area contributed by atoms with Gasteiger partial charge in [0.1, 0.15) is 11.5 Å². The Labute approximate surface area is 175 Å². The van der Waals surface area contributed by atoms with Gasteiger partial charge in [0.25, 0.3) is 11.5 Å². The first kappa shape index (κ1) is 20.0. The molecule has 0 unspecified atom stereocenters. The van der Waals surface area contributed by atoms with E-state index in [1.54, 1.807) is 30.5 Å². The lowest BCUT2D eigenvalue weighted by atomic mass is 9.98. The molecule has 1 aliphatic carbocycles. The maximum absolute atomic E-state index is 12.4. The molecule has 6 nitrogen and oxygen atoms in total. The number of hydrogen-bond acceptors (Lipinski definition) is 4. The van der Waals surface area contributed by atoms with Crippen LogP contribution in [0.1, 0.15) is 54.0 Å². The first-order chi connectivity index (χ1) is 14.7. The second kappa shape index (κ2) is 9.48. The van der Waals surface area contributed by atoms with Crippen molar-refractivity contribution in [1.29, 1.82) is 0 Å². The lowest BCUT2D eigenvalue weighted by Gasteiger charge is -2.23. The predicted octanol–water partition coefficient (Wildman–Crippen LogP) is 4.13. The summed E-state index contributed by atoms with van der Waals surface area (Å²) in [5, 5.41) is 2.88. The fourth-order valence-corrected chi connectivity index (χ4v) is 3.72. The molecular formula is C24H26N2O4. The molecule has 1 N–H and O–H groups in total. The standard InChI is InChI=1S/C24H26N2O4/c27-23-11-4-5-14-26(23)17-21-12-13-22(30-21)24(28)25-16-18-7-6-10-20(15-18)29-19-8-2-1-3-9-19/h4-7,10-15,19H,1-3,8-9,16-17H2,(H,25,28). The molecule has 4 rings (SSSR count). The van der Waals surface area contributed by atoms with Crippen molar-refractivity contribution in [3.63, 3.8) is 0 Å². The van der Waals surface area contributed by atoms with Crippen LogP contribution in [0.2, 0.25) is 0 Å². The van der Waals surface area contributed by atoms with Crippen molar-refractivity contribution in [3.8, 4) is 5.75 Å². The number of benzene rings is 1. The van der Waals surface area contributed by atoms with Gasteiger partial charge in [-0.3, -0.25) is 9.59 Å². The average molecular weight is 406 g/mol. The minimum Gasteiger partial charge on any atom is -0.490 e. The van der Waals surface area contributed by atoms with E-state index in [4.69, 9.17) is 9.15 Å². The highest BCUT2D eigenvalue weighted by molar-refractivity contribution is 5.91. The Bertz CT molecular complexity index is 1050. The summed E-state index contributed by atoms with van der Waals surface area (Å²) >= 11 is 0. The first-order valence-electron chi connectivity index (χ1n) is 10.5. The van der Waals surface area contributed by atoms with Crippen molar-refractivity contribution >= 4 is 5.91 Å². The Morgan fingerprint density at radius 3 is 2.77 bits per heavy atom. The Hall–Kier alpha value is -3.28. The highest BCUT2D eigenvalue weighted by atomic mass is 16.5. The predicted molar refractivity (Wildman–Crippen MR) is 114 cm³/mol. The van der Waals surface area contributed by atoms with E-state index in [-0.39, 0.29) is 23.8 Å². The SMILES string of the molecule is O=C(NCc1cccc(OC2CCCCC2)c1)c1ccc(Cn2ccccc2=O)o1. The number of carbonyl (C=O) groups excluding carboxylic acids is 1. The summed E-state index contributed by atoms with van der Waals surface area (Å²) in [7, 11) is 0. The molecule has 0 aliphatic heterocycles. The largest absolute Gasteiger partial charge is 0.490 e. The third-order valence-corrected chi connectivity index (χ3v) is 5.32. The molecule has 1 amide bonds. The molecule has 1 aliphatic rings. The fraction of sp³-hybridized carbons (Fsp3) is 0.333. The number of amides is 1. The van der Waals surface area contributed by atoms with Gasteiger partial charge in [0.15, 0.2) is 5.76 Å². The van der Waals surface area contributed by atoms with E-state index in [9.17, 15) is 9.59 Å². The van der Waals surface area contributed by atoms with E-state index in [0.717, 1.165) is 24.2 Å². The van der Waals surface area contributed by atoms with Crippen molar-refractivity contribution in [2.45, 2.75) is 51.3 Å². The molecule has 0 atom stereocenters. The smallest absolute Gasteiger partial charge is 0.287 e. The maximum atomic E-state index is 12.4. The molecule has 156 valence electrons. The van der Waals surface area contributed by atoms with Gasteiger partial charge in [-0.1, -0.05) is 24.6 Å². The molecule has 2 heterocycles. The van der Waals surface area contributed by atoms with Crippen molar-refractivity contribution < 1.29 is 13.9 Å².